The first-order valence-electron chi connectivity index (χ1n) is 12.1. The van der Waals surface area contributed by atoms with Gasteiger partial charge < -0.3 is 5.32 Å². The Balaban J connectivity index is 1.43. The molecule has 0 saturated heterocycles. The van der Waals surface area contributed by atoms with Gasteiger partial charge in [0.1, 0.15) is 11.9 Å². The van der Waals surface area contributed by atoms with Crippen molar-refractivity contribution in [3.05, 3.63) is 95.1 Å². The molecule has 0 radical (unpaired) electrons. The number of nitrogens with one attached hydrogen (secondary N) is 1. The summed E-state index contributed by atoms with van der Waals surface area (Å²) in [6.07, 6.45) is 1.11. The van der Waals surface area contributed by atoms with E-state index in [1.54, 1.807) is 4.90 Å². The minimum atomic E-state index is -0.525. The van der Waals surface area contributed by atoms with Crippen LogP contribution in [0.3, 0.4) is 0 Å². The first-order chi connectivity index (χ1) is 17.4. The number of carbonyl (C=O) groups is 2. The van der Waals surface area contributed by atoms with E-state index in [0.717, 1.165) is 33.6 Å². The number of fused-ring (bicyclic) bond motifs is 3. The molecule has 36 heavy (non-hydrogen) atoms. The van der Waals surface area contributed by atoms with Gasteiger partial charge in [-0.05, 0) is 55.2 Å². The highest BCUT2D eigenvalue weighted by atomic mass is 32.2. The van der Waals surface area contributed by atoms with E-state index in [1.165, 1.54) is 11.8 Å². The highest BCUT2D eigenvalue weighted by Gasteiger charge is 2.42. The number of amides is 2. The number of carbonyl (C=O) groups excluding carboxylic acids is 2. The summed E-state index contributed by atoms with van der Waals surface area (Å²) in [6.45, 7) is 5.95. The van der Waals surface area contributed by atoms with Crippen LogP contribution in [0, 0.1) is 13.8 Å². The van der Waals surface area contributed by atoms with Gasteiger partial charge in [-0.3, -0.25) is 14.6 Å². The van der Waals surface area contributed by atoms with Crippen molar-refractivity contribution in [1.82, 2.24) is 4.90 Å². The molecule has 7 heteroatoms. The van der Waals surface area contributed by atoms with Crippen LogP contribution in [-0.4, -0.2) is 39.0 Å². The number of para-hydroxylation sites is 1. The van der Waals surface area contributed by atoms with Gasteiger partial charge in [0.15, 0.2) is 5.17 Å². The molecule has 2 heterocycles. The fourth-order valence-electron chi connectivity index (χ4n) is 4.38. The fraction of sp³-hybridized carbons (Fsp3) is 0.241. The van der Waals surface area contributed by atoms with Crippen LogP contribution in [0.4, 0.5) is 11.4 Å². The molecule has 1 N–H and O–H groups in total. The molecule has 6 nitrogen and oxygen atoms in total. The predicted octanol–water partition coefficient (Wildman–Crippen LogP) is 5.66. The van der Waals surface area contributed by atoms with Gasteiger partial charge in [0.2, 0.25) is 5.91 Å². The predicted molar refractivity (Wildman–Crippen MR) is 147 cm³/mol. The number of anilines is 1. The minimum absolute atomic E-state index is 0.108. The van der Waals surface area contributed by atoms with Gasteiger partial charge in [0.25, 0.3) is 5.91 Å². The second kappa shape index (κ2) is 10.1. The van der Waals surface area contributed by atoms with Gasteiger partial charge in [-0.25, -0.2) is 9.89 Å². The lowest BCUT2D eigenvalue weighted by atomic mass is 10.1. The molecule has 3 aromatic rings. The van der Waals surface area contributed by atoms with Crippen molar-refractivity contribution in [3.63, 3.8) is 0 Å². The molecular formula is C29H28N4O2S. The summed E-state index contributed by atoms with van der Waals surface area (Å²) >= 11 is 1.32. The third-order valence-electron chi connectivity index (χ3n) is 6.38. The molecule has 0 saturated carbocycles. The Bertz CT molecular complexity index is 1380. The first kappa shape index (κ1) is 24.0. The summed E-state index contributed by atoms with van der Waals surface area (Å²) in [7, 11) is 0. The van der Waals surface area contributed by atoms with Crippen LogP contribution >= 0.6 is 11.8 Å². The van der Waals surface area contributed by atoms with Crippen molar-refractivity contribution >= 4 is 46.0 Å². The summed E-state index contributed by atoms with van der Waals surface area (Å²) in [5.74, 6) is 0.391. The van der Waals surface area contributed by atoms with E-state index in [0.29, 0.717) is 23.8 Å². The van der Waals surface area contributed by atoms with Gasteiger partial charge in [0, 0.05) is 17.7 Å². The first-order valence-corrected chi connectivity index (χ1v) is 13.0. The normalized spacial score (nSPS) is 17.1. The van der Waals surface area contributed by atoms with Crippen LogP contribution in [-0.2, 0) is 16.0 Å². The van der Waals surface area contributed by atoms with Crippen LogP contribution < -0.4 is 5.32 Å². The summed E-state index contributed by atoms with van der Waals surface area (Å²) in [5.41, 5.74) is 5.53. The largest absolute Gasteiger partial charge is 0.325 e. The lowest BCUT2D eigenvalue weighted by molar-refractivity contribution is -0.124. The molecule has 2 aliphatic heterocycles. The van der Waals surface area contributed by atoms with Crippen molar-refractivity contribution in [3.8, 4) is 0 Å². The van der Waals surface area contributed by atoms with E-state index < -0.39 is 11.3 Å². The molecule has 2 aliphatic rings. The van der Waals surface area contributed by atoms with Gasteiger partial charge in [0.05, 0.1) is 10.9 Å². The number of aryl methyl sites for hydroxylation is 2. The van der Waals surface area contributed by atoms with E-state index >= 15 is 0 Å². The minimum Gasteiger partial charge on any atom is -0.325 e. The van der Waals surface area contributed by atoms with Crippen molar-refractivity contribution in [2.75, 3.05) is 5.32 Å². The SMILES string of the molecule is CC[C@@H](SC1=Nc2ccccc2C2=N[C@H](Cc3ccccc3)C(=O)N12)C(=O)Nc1cc(C)ccc1C. The van der Waals surface area contributed by atoms with Crippen molar-refractivity contribution < 1.29 is 9.59 Å². The molecule has 0 aliphatic carbocycles. The second-order valence-electron chi connectivity index (χ2n) is 9.07. The lowest BCUT2D eigenvalue weighted by Gasteiger charge is -2.27. The Hall–Kier alpha value is -3.71. The van der Waals surface area contributed by atoms with E-state index in [2.05, 4.69) is 5.32 Å². The molecule has 2 amide bonds. The third kappa shape index (κ3) is 4.71. The monoisotopic (exact) mass is 496 g/mol. The molecule has 5 rings (SSSR count). The number of benzene rings is 3. The van der Waals surface area contributed by atoms with Gasteiger partial charge in [-0.2, -0.15) is 0 Å². The molecule has 0 aromatic heterocycles. The Morgan fingerprint density at radius 3 is 2.58 bits per heavy atom. The van der Waals surface area contributed by atoms with E-state index in [9.17, 15) is 9.59 Å². The maximum Gasteiger partial charge on any atom is 0.259 e. The van der Waals surface area contributed by atoms with Crippen molar-refractivity contribution in [2.45, 2.75) is 44.9 Å². The maximum atomic E-state index is 13.6. The van der Waals surface area contributed by atoms with Crippen LogP contribution in [0.2, 0.25) is 0 Å². The third-order valence-corrected chi connectivity index (χ3v) is 7.70. The molecule has 0 bridgehead atoms. The Morgan fingerprint density at radius 2 is 1.81 bits per heavy atom. The second-order valence-corrected chi connectivity index (χ2v) is 10.2. The smallest absolute Gasteiger partial charge is 0.259 e. The summed E-state index contributed by atoms with van der Waals surface area (Å²) < 4.78 is 0. The summed E-state index contributed by atoms with van der Waals surface area (Å²) in [4.78, 5) is 38.1. The quantitative estimate of drug-likeness (QED) is 0.479. The number of hydrogen-bond donors (Lipinski definition) is 1. The Labute approximate surface area is 215 Å². The molecule has 0 unspecified atom stereocenters. The summed E-state index contributed by atoms with van der Waals surface area (Å²) in [6, 6.07) is 23.1. The highest BCUT2D eigenvalue weighted by molar-refractivity contribution is 8.15. The Kier molecular flexibility index (Phi) is 6.74. The summed E-state index contributed by atoms with van der Waals surface area (Å²) in [5, 5.41) is 3.15. The number of rotatable bonds is 6. The molecule has 182 valence electrons. The molecule has 3 aromatic carbocycles. The lowest BCUT2D eigenvalue weighted by Crippen LogP contribution is -2.42. The number of thioether (sulfide) groups is 1. The number of amidine groups is 2. The van der Waals surface area contributed by atoms with E-state index in [4.69, 9.17) is 9.98 Å². The topological polar surface area (TPSA) is 74.1 Å². The van der Waals surface area contributed by atoms with E-state index in [1.807, 2.05) is 93.6 Å². The average Bonchev–Trinajstić information content (AvgIpc) is 3.21. The maximum absolute atomic E-state index is 13.6. The highest BCUT2D eigenvalue weighted by Crippen LogP contribution is 2.36. The molecular weight excluding hydrogens is 468 g/mol. The van der Waals surface area contributed by atoms with Gasteiger partial charge in [-0.1, -0.05) is 73.3 Å². The standard InChI is InChI=1S/C29H28N4O2S/c1-4-25(27(34)31-23-16-18(2)14-15-19(23)3)36-29-32-22-13-9-8-12-21(22)26-30-24(28(35)33(26)29)17-20-10-6-5-7-11-20/h5-16,24-25H,4,17H2,1-3H3,(H,31,34)/t24-,25-/m1/s1. The zero-order valence-electron chi connectivity index (χ0n) is 20.6. The van der Waals surface area contributed by atoms with Gasteiger partial charge in [-0.15, -0.1) is 0 Å². The van der Waals surface area contributed by atoms with Crippen LogP contribution in [0.15, 0.2) is 82.8 Å². The van der Waals surface area contributed by atoms with E-state index in [-0.39, 0.29) is 11.8 Å². The zero-order chi connectivity index (χ0) is 25.2. The molecule has 2 atom stereocenters. The number of aliphatic imine (C=N–C) groups is 2. The van der Waals surface area contributed by atoms with Crippen molar-refractivity contribution in [2.24, 2.45) is 9.98 Å². The van der Waals surface area contributed by atoms with Crippen LogP contribution in [0.25, 0.3) is 0 Å². The van der Waals surface area contributed by atoms with Crippen molar-refractivity contribution in [1.29, 1.82) is 0 Å². The van der Waals surface area contributed by atoms with Crippen LogP contribution in [0.1, 0.15) is 35.6 Å². The number of hydrogen-bond acceptors (Lipinski definition) is 5. The Morgan fingerprint density at radius 1 is 1.06 bits per heavy atom. The van der Waals surface area contributed by atoms with Gasteiger partial charge >= 0.3 is 0 Å². The molecule has 0 spiro atoms. The number of nitrogens with zero attached hydrogens (tertiary/aromatic N) is 3. The fourth-order valence-corrected chi connectivity index (χ4v) is 5.40. The average molecular weight is 497 g/mol. The molecule has 0 fully saturated rings. The van der Waals surface area contributed by atoms with Crippen LogP contribution in [0.5, 0.6) is 0 Å². The zero-order valence-corrected chi connectivity index (χ0v) is 21.4.